The second-order valence-electron chi connectivity index (χ2n) is 7.52. The Hall–Kier alpha value is -4.00. The maximum atomic E-state index is 13.6. The van der Waals surface area contributed by atoms with Crippen LogP contribution in [0.1, 0.15) is 28.3 Å². The zero-order valence-electron chi connectivity index (χ0n) is 17.6. The molecule has 1 N–H and O–H groups in total. The van der Waals surface area contributed by atoms with Gasteiger partial charge in [-0.1, -0.05) is 18.2 Å². The number of aliphatic hydroxyl groups is 1. The molecule has 32 heavy (non-hydrogen) atoms. The first-order valence-corrected chi connectivity index (χ1v) is 9.98. The van der Waals surface area contributed by atoms with Gasteiger partial charge in [0.2, 0.25) is 0 Å². The van der Waals surface area contributed by atoms with Gasteiger partial charge in [-0.3, -0.25) is 14.6 Å². The van der Waals surface area contributed by atoms with Crippen LogP contribution in [0.3, 0.4) is 0 Å². The highest BCUT2D eigenvalue weighted by atomic mass is 19.1. The normalized spacial score (nSPS) is 17.6. The van der Waals surface area contributed by atoms with Gasteiger partial charge in [-0.05, 0) is 60.0 Å². The first-order chi connectivity index (χ1) is 15.4. The van der Waals surface area contributed by atoms with Crippen LogP contribution >= 0.6 is 0 Å². The maximum absolute atomic E-state index is 13.6. The van der Waals surface area contributed by atoms with E-state index in [1.165, 1.54) is 29.2 Å². The van der Waals surface area contributed by atoms with E-state index in [4.69, 9.17) is 4.74 Å². The molecule has 6 nitrogen and oxygen atoms in total. The molecule has 0 aliphatic carbocycles. The SMILES string of the molecule is COc1ccc(/C(O)=C2\C(=O)C(=O)N(Cc3cccnc3)[C@@H]2c2ccc(F)cc2)cc1C. The lowest BCUT2D eigenvalue weighted by atomic mass is 9.94. The number of pyridine rings is 1. The number of hydrogen-bond acceptors (Lipinski definition) is 5. The Morgan fingerprint density at radius 1 is 1.16 bits per heavy atom. The van der Waals surface area contributed by atoms with E-state index in [1.54, 1.807) is 49.8 Å². The number of aromatic nitrogens is 1. The molecular weight excluding hydrogens is 411 g/mol. The van der Waals surface area contributed by atoms with Gasteiger partial charge in [0, 0.05) is 24.5 Å². The number of carbonyl (C=O) groups excluding carboxylic acids is 2. The number of methoxy groups -OCH3 is 1. The Morgan fingerprint density at radius 3 is 2.53 bits per heavy atom. The summed E-state index contributed by atoms with van der Waals surface area (Å²) in [6.45, 7) is 1.92. The molecule has 3 aromatic rings. The van der Waals surface area contributed by atoms with Crippen LogP contribution in [0, 0.1) is 12.7 Å². The fourth-order valence-corrected chi connectivity index (χ4v) is 3.90. The summed E-state index contributed by atoms with van der Waals surface area (Å²) in [5.74, 6) is -1.64. The first-order valence-electron chi connectivity index (χ1n) is 9.98. The third-order valence-electron chi connectivity index (χ3n) is 5.47. The second kappa shape index (κ2) is 8.63. The molecule has 2 heterocycles. The number of amides is 1. The van der Waals surface area contributed by atoms with Crippen LogP contribution in [0.4, 0.5) is 4.39 Å². The molecule has 2 aromatic carbocycles. The second-order valence-corrected chi connectivity index (χ2v) is 7.52. The van der Waals surface area contributed by atoms with Crippen LogP contribution in [0.5, 0.6) is 5.75 Å². The van der Waals surface area contributed by atoms with Gasteiger partial charge in [0.25, 0.3) is 11.7 Å². The lowest BCUT2D eigenvalue weighted by Crippen LogP contribution is -2.29. The summed E-state index contributed by atoms with van der Waals surface area (Å²) in [6.07, 6.45) is 3.22. The van der Waals surface area contributed by atoms with Gasteiger partial charge in [0.15, 0.2) is 0 Å². The Morgan fingerprint density at radius 2 is 1.91 bits per heavy atom. The minimum Gasteiger partial charge on any atom is -0.507 e. The summed E-state index contributed by atoms with van der Waals surface area (Å²) in [5.41, 5.74) is 2.34. The lowest BCUT2D eigenvalue weighted by molar-refractivity contribution is -0.140. The number of nitrogens with zero attached hydrogens (tertiary/aromatic N) is 2. The minimum absolute atomic E-state index is 0.0462. The van der Waals surface area contributed by atoms with Crippen molar-refractivity contribution in [3.8, 4) is 5.75 Å². The largest absolute Gasteiger partial charge is 0.507 e. The lowest BCUT2D eigenvalue weighted by Gasteiger charge is -2.25. The molecule has 0 radical (unpaired) electrons. The molecule has 1 aliphatic heterocycles. The fourth-order valence-electron chi connectivity index (χ4n) is 3.90. The van der Waals surface area contributed by atoms with Crippen molar-refractivity contribution >= 4 is 17.4 Å². The Kier molecular flexibility index (Phi) is 5.73. The quantitative estimate of drug-likeness (QED) is 0.372. The molecule has 1 saturated heterocycles. The number of ketones is 1. The summed E-state index contributed by atoms with van der Waals surface area (Å²) >= 11 is 0. The van der Waals surface area contributed by atoms with Crippen molar-refractivity contribution in [2.75, 3.05) is 7.11 Å². The number of likely N-dealkylation sites (tertiary alicyclic amines) is 1. The van der Waals surface area contributed by atoms with Crippen molar-refractivity contribution in [3.05, 3.63) is 101 Å². The van der Waals surface area contributed by atoms with E-state index in [9.17, 15) is 19.1 Å². The smallest absolute Gasteiger partial charge is 0.295 e. The zero-order chi connectivity index (χ0) is 22.8. The molecule has 4 rings (SSSR count). The van der Waals surface area contributed by atoms with Crippen LogP contribution < -0.4 is 4.74 Å². The molecule has 1 aromatic heterocycles. The molecule has 162 valence electrons. The number of ether oxygens (including phenoxy) is 1. The Balaban J connectivity index is 1.86. The molecule has 0 bridgehead atoms. The number of aliphatic hydroxyl groups excluding tert-OH is 1. The topological polar surface area (TPSA) is 79.7 Å². The van der Waals surface area contributed by atoms with Gasteiger partial charge >= 0.3 is 0 Å². The minimum atomic E-state index is -0.877. The monoisotopic (exact) mass is 432 g/mol. The van der Waals surface area contributed by atoms with Crippen LogP contribution in [0.15, 0.2) is 72.6 Å². The van der Waals surface area contributed by atoms with Gasteiger partial charge in [-0.15, -0.1) is 0 Å². The number of carbonyl (C=O) groups is 2. The number of Topliss-reactive ketones (excluding diaryl/α,β-unsaturated/α-hetero) is 1. The van der Waals surface area contributed by atoms with Gasteiger partial charge in [-0.2, -0.15) is 0 Å². The average Bonchev–Trinajstić information content (AvgIpc) is 3.04. The number of hydrogen-bond donors (Lipinski definition) is 1. The number of rotatable bonds is 5. The standard InChI is InChI=1S/C25H21FN2O4/c1-15-12-18(7-10-20(15)32-2)23(29)21-22(17-5-8-19(26)9-6-17)28(25(31)24(21)30)14-16-4-3-11-27-13-16/h3-13,22,29H,14H2,1-2H3/b23-21+/t22-/m1/s1. The maximum Gasteiger partial charge on any atom is 0.295 e. The summed E-state index contributed by atoms with van der Waals surface area (Å²) in [4.78, 5) is 31.5. The zero-order valence-corrected chi connectivity index (χ0v) is 17.6. The van der Waals surface area contributed by atoms with E-state index in [0.717, 1.165) is 11.1 Å². The molecule has 0 saturated carbocycles. The molecule has 0 spiro atoms. The van der Waals surface area contributed by atoms with Crippen molar-refractivity contribution in [1.82, 2.24) is 9.88 Å². The van der Waals surface area contributed by atoms with E-state index < -0.39 is 23.5 Å². The average molecular weight is 432 g/mol. The molecule has 1 amide bonds. The predicted octanol–water partition coefficient (Wildman–Crippen LogP) is 4.16. The Labute approximate surface area is 184 Å². The van der Waals surface area contributed by atoms with Gasteiger partial charge in [-0.25, -0.2) is 4.39 Å². The number of aryl methyl sites for hydroxylation is 1. The molecular formula is C25H21FN2O4. The molecule has 1 fully saturated rings. The molecule has 7 heteroatoms. The van der Waals surface area contributed by atoms with Crippen LogP contribution in [0.2, 0.25) is 0 Å². The third kappa shape index (κ3) is 3.85. The Bertz CT molecular complexity index is 1210. The van der Waals surface area contributed by atoms with Gasteiger partial charge < -0.3 is 14.7 Å². The van der Waals surface area contributed by atoms with E-state index in [2.05, 4.69) is 4.98 Å². The highest BCUT2D eigenvalue weighted by Gasteiger charge is 2.46. The van der Waals surface area contributed by atoms with E-state index in [0.29, 0.717) is 16.9 Å². The third-order valence-corrected chi connectivity index (χ3v) is 5.47. The van der Waals surface area contributed by atoms with E-state index in [1.807, 2.05) is 6.92 Å². The highest BCUT2D eigenvalue weighted by molar-refractivity contribution is 6.46. The summed E-state index contributed by atoms with van der Waals surface area (Å²) < 4.78 is 18.8. The van der Waals surface area contributed by atoms with Crippen LogP contribution in [0.25, 0.3) is 5.76 Å². The molecule has 0 unspecified atom stereocenters. The van der Waals surface area contributed by atoms with Crippen molar-refractivity contribution < 1.29 is 23.8 Å². The first kappa shape index (κ1) is 21.2. The summed E-state index contributed by atoms with van der Waals surface area (Å²) in [6, 6.07) is 13.2. The predicted molar refractivity (Wildman–Crippen MR) is 116 cm³/mol. The fraction of sp³-hybridized carbons (Fsp3) is 0.160. The summed E-state index contributed by atoms with van der Waals surface area (Å²) in [5, 5.41) is 11.1. The summed E-state index contributed by atoms with van der Waals surface area (Å²) in [7, 11) is 1.54. The van der Waals surface area contributed by atoms with Crippen molar-refractivity contribution in [3.63, 3.8) is 0 Å². The number of benzene rings is 2. The number of halogens is 1. The van der Waals surface area contributed by atoms with Gasteiger partial charge in [0.05, 0.1) is 18.7 Å². The van der Waals surface area contributed by atoms with E-state index in [-0.39, 0.29) is 17.9 Å². The van der Waals surface area contributed by atoms with Gasteiger partial charge in [0.1, 0.15) is 17.3 Å². The molecule has 1 aliphatic rings. The van der Waals surface area contributed by atoms with Crippen molar-refractivity contribution in [2.45, 2.75) is 19.5 Å². The van der Waals surface area contributed by atoms with Crippen molar-refractivity contribution in [2.24, 2.45) is 0 Å². The van der Waals surface area contributed by atoms with Crippen LogP contribution in [-0.2, 0) is 16.1 Å². The highest BCUT2D eigenvalue weighted by Crippen LogP contribution is 2.40. The van der Waals surface area contributed by atoms with Crippen LogP contribution in [-0.4, -0.2) is 33.8 Å². The molecule has 1 atom stereocenters. The van der Waals surface area contributed by atoms with Crippen molar-refractivity contribution in [1.29, 1.82) is 0 Å². The van der Waals surface area contributed by atoms with E-state index >= 15 is 0 Å².